The Morgan fingerprint density at radius 2 is 1.91 bits per heavy atom. The van der Waals surface area contributed by atoms with E-state index < -0.39 is 11.6 Å². The van der Waals surface area contributed by atoms with E-state index >= 15 is 0 Å². The Balaban J connectivity index is 1.57. The van der Waals surface area contributed by atoms with Gasteiger partial charge in [0.25, 0.3) is 5.91 Å². The summed E-state index contributed by atoms with van der Waals surface area (Å²) in [6, 6.07) is 15.1. The van der Waals surface area contributed by atoms with Crippen LogP contribution in [-0.4, -0.2) is 41.4 Å². The van der Waals surface area contributed by atoms with Crippen LogP contribution in [0.2, 0.25) is 0 Å². The Morgan fingerprint density at radius 1 is 1.16 bits per heavy atom. The molecule has 4 rings (SSSR count). The van der Waals surface area contributed by atoms with Crippen molar-refractivity contribution in [3.05, 3.63) is 64.7 Å². The molecule has 7 nitrogen and oxygen atoms in total. The lowest BCUT2D eigenvalue weighted by Gasteiger charge is -2.32. The molecule has 2 aromatic rings. The summed E-state index contributed by atoms with van der Waals surface area (Å²) in [6.45, 7) is 3.71. The molecule has 1 spiro atoms. The molecule has 4 amide bonds. The number of nitriles is 1. The first-order chi connectivity index (χ1) is 15.4. The minimum Gasteiger partial charge on any atom is -0.323 e. The lowest BCUT2D eigenvalue weighted by molar-refractivity contribution is -0.134. The van der Waals surface area contributed by atoms with Crippen LogP contribution < -0.4 is 10.2 Å². The van der Waals surface area contributed by atoms with Crippen molar-refractivity contribution in [3.63, 3.8) is 0 Å². The van der Waals surface area contributed by atoms with Gasteiger partial charge in [-0.15, -0.1) is 0 Å². The first-order valence-corrected chi connectivity index (χ1v) is 10.8. The minimum atomic E-state index is -0.998. The summed E-state index contributed by atoms with van der Waals surface area (Å²) >= 11 is 0. The summed E-state index contributed by atoms with van der Waals surface area (Å²) in [6.07, 6.45) is 1.78. The van der Waals surface area contributed by atoms with Crippen molar-refractivity contribution in [1.82, 2.24) is 10.2 Å². The summed E-state index contributed by atoms with van der Waals surface area (Å²) in [5, 5.41) is 11.9. The van der Waals surface area contributed by atoms with E-state index in [-0.39, 0.29) is 31.3 Å². The van der Waals surface area contributed by atoms with Crippen LogP contribution in [0.25, 0.3) is 0 Å². The molecule has 1 heterocycles. The molecular weight excluding hydrogens is 404 g/mol. The lowest BCUT2D eigenvalue weighted by atomic mass is 9.78. The molecule has 1 N–H and O–H groups in total. The number of carbonyl (C=O) groups excluding carboxylic acids is 3. The highest BCUT2D eigenvalue weighted by atomic mass is 16.2. The Kier molecular flexibility index (Phi) is 5.70. The van der Waals surface area contributed by atoms with E-state index in [1.807, 2.05) is 56.3 Å². The van der Waals surface area contributed by atoms with Gasteiger partial charge in [0.2, 0.25) is 5.91 Å². The number of urea groups is 1. The zero-order chi connectivity index (χ0) is 22.9. The molecule has 2 aliphatic rings. The molecule has 0 bridgehead atoms. The number of nitrogens with zero attached hydrogens (tertiary/aromatic N) is 3. The van der Waals surface area contributed by atoms with Crippen molar-refractivity contribution in [2.24, 2.45) is 0 Å². The highest BCUT2D eigenvalue weighted by molar-refractivity contribution is 6.10. The molecule has 1 saturated heterocycles. The third kappa shape index (κ3) is 3.73. The Bertz CT molecular complexity index is 1140. The van der Waals surface area contributed by atoms with Gasteiger partial charge >= 0.3 is 6.03 Å². The van der Waals surface area contributed by atoms with Crippen molar-refractivity contribution in [2.75, 3.05) is 18.0 Å². The van der Waals surface area contributed by atoms with Crippen molar-refractivity contribution in [1.29, 1.82) is 5.26 Å². The Hall–Kier alpha value is -3.66. The number of carbonyl (C=O) groups is 3. The molecular formula is C25H26N4O3. The standard InChI is InChI=1S/C25H26N4O3/c1-17-7-5-10-21(18(17)2)28(14-6-13-26)22(30)16-29-23(31)25(27-24(29)32)12-11-19-8-3-4-9-20(19)15-25/h3-5,7-10H,6,11-12,14-16H2,1-2H3,(H,27,32). The molecule has 0 saturated carbocycles. The van der Waals surface area contributed by atoms with E-state index in [1.54, 1.807) is 0 Å². The summed E-state index contributed by atoms with van der Waals surface area (Å²) in [5.74, 6) is -0.739. The Labute approximate surface area is 187 Å². The van der Waals surface area contributed by atoms with Crippen LogP contribution in [0.4, 0.5) is 10.5 Å². The average Bonchev–Trinajstić information content (AvgIpc) is 3.00. The molecule has 1 aliphatic heterocycles. The number of aryl methyl sites for hydroxylation is 2. The largest absolute Gasteiger partial charge is 0.325 e. The molecule has 1 atom stereocenters. The molecule has 1 unspecified atom stereocenters. The van der Waals surface area contributed by atoms with Crippen molar-refractivity contribution in [3.8, 4) is 6.07 Å². The van der Waals surface area contributed by atoms with Gasteiger partial charge < -0.3 is 10.2 Å². The first kappa shape index (κ1) is 21.6. The summed E-state index contributed by atoms with van der Waals surface area (Å²) in [7, 11) is 0. The number of rotatable bonds is 5. The normalized spacial score (nSPS) is 19.5. The molecule has 2 aromatic carbocycles. The van der Waals surface area contributed by atoms with Crippen LogP contribution in [-0.2, 0) is 22.4 Å². The number of fused-ring (bicyclic) bond motifs is 1. The van der Waals surface area contributed by atoms with Crippen molar-refractivity contribution >= 4 is 23.5 Å². The van der Waals surface area contributed by atoms with Gasteiger partial charge in [0.15, 0.2) is 0 Å². The van der Waals surface area contributed by atoms with E-state index in [0.29, 0.717) is 24.9 Å². The predicted octanol–water partition coefficient (Wildman–Crippen LogP) is 3.03. The Morgan fingerprint density at radius 3 is 2.66 bits per heavy atom. The van der Waals surface area contributed by atoms with Crippen LogP contribution in [0.5, 0.6) is 0 Å². The maximum Gasteiger partial charge on any atom is 0.325 e. The second-order valence-corrected chi connectivity index (χ2v) is 8.52. The molecule has 32 heavy (non-hydrogen) atoms. The quantitative estimate of drug-likeness (QED) is 0.738. The molecule has 1 aliphatic carbocycles. The monoisotopic (exact) mass is 430 g/mol. The molecule has 0 radical (unpaired) electrons. The van der Waals surface area contributed by atoms with Crippen LogP contribution >= 0.6 is 0 Å². The van der Waals surface area contributed by atoms with Gasteiger partial charge in [-0.1, -0.05) is 36.4 Å². The molecule has 1 fully saturated rings. The fraction of sp³-hybridized carbons (Fsp3) is 0.360. The zero-order valence-electron chi connectivity index (χ0n) is 18.4. The number of anilines is 1. The van der Waals surface area contributed by atoms with Crippen molar-refractivity contribution in [2.45, 2.75) is 45.1 Å². The maximum absolute atomic E-state index is 13.4. The molecule has 0 aromatic heterocycles. The highest BCUT2D eigenvalue weighted by Gasteiger charge is 2.52. The van der Waals surface area contributed by atoms with Gasteiger partial charge in [-0.2, -0.15) is 5.26 Å². The van der Waals surface area contributed by atoms with Crippen LogP contribution in [0.3, 0.4) is 0 Å². The van der Waals surface area contributed by atoms with Gasteiger partial charge in [0.05, 0.1) is 12.5 Å². The number of nitrogens with one attached hydrogen (secondary N) is 1. The van der Waals surface area contributed by atoms with Crippen molar-refractivity contribution < 1.29 is 14.4 Å². The topological polar surface area (TPSA) is 93.5 Å². The number of hydrogen-bond donors (Lipinski definition) is 1. The van der Waals surface area contributed by atoms with Gasteiger partial charge in [-0.05, 0) is 55.0 Å². The lowest BCUT2D eigenvalue weighted by Crippen LogP contribution is -2.51. The minimum absolute atomic E-state index is 0.153. The smallest absolute Gasteiger partial charge is 0.323 e. The van der Waals surface area contributed by atoms with Crippen LogP contribution in [0, 0.1) is 25.2 Å². The van der Waals surface area contributed by atoms with E-state index in [4.69, 9.17) is 5.26 Å². The summed E-state index contributed by atoms with van der Waals surface area (Å²) < 4.78 is 0. The third-order valence-electron chi connectivity index (χ3n) is 6.59. The fourth-order valence-electron chi connectivity index (χ4n) is 4.63. The van der Waals surface area contributed by atoms with Crippen LogP contribution in [0.1, 0.15) is 35.1 Å². The van der Waals surface area contributed by atoms with Gasteiger partial charge in [0.1, 0.15) is 12.1 Å². The SMILES string of the molecule is Cc1cccc(N(CCC#N)C(=O)CN2C(=O)NC3(CCc4ccccc4C3)C2=O)c1C. The van der Waals surface area contributed by atoms with Gasteiger partial charge in [-0.3, -0.25) is 14.5 Å². The first-order valence-electron chi connectivity index (χ1n) is 10.8. The molecule has 164 valence electrons. The van der Waals surface area contributed by atoms with Gasteiger partial charge in [0, 0.05) is 18.7 Å². The fourth-order valence-corrected chi connectivity index (χ4v) is 4.63. The van der Waals surface area contributed by atoms with Crippen LogP contribution in [0.15, 0.2) is 42.5 Å². The summed E-state index contributed by atoms with van der Waals surface area (Å²) in [5.41, 5.74) is 3.88. The zero-order valence-corrected chi connectivity index (χ0v) is 18.4. The van der Waals surface area contributed by atoms with Gasteiger partial charge in [-0.25, -0.2) is 4.79 Å². The third-order valence-corrected chi connectivity index (χ3v) is 6.59. The van der Waals surface area contributed by atoms with E-state index in [0.717, 1.165) is 21.6 Å². The predicted molar refractivity (Wildman–Crippen MR) is 120 cm³/mol. The average molecular weight is 431 g/mol. The summed E-state index contributed by atoms with van der Waals surface area (Å²) in [4.78, 5) is 41.9. The highest BCUT2D eigenvalue weighted by Crippen LogP contribution is 2.34. The van der Waals surface area contributed by atoms with E-state index in [2.05, 4.69) is 11.4 Å². The van der Waals surface area contributed by atoms with E-state index in [1.165, 1.54) is 10.5 Å². The second-order valence-electron chi connectivity index (χ2n) is 8.52. The number of imide groups is 1. The van der Waals surface area contributed by atoms with E-state index in [9.17, 15) is 14.4 Å². The number of hydrogen-bond acceptors (Lipinski definition) is 4. The maximum atomic E-state index is 13.4. The second kappa shape index (κ2) is 8.46. The number of benzene rings is 2. The number of amides is 4. The molecule has 7 heteroatoms.